The number of nitrogens with one attached hydrogen (secondary N) is 2. The fourth-order valence-electron chi connectivity index (χ4n) is 5.32. The monoisotopic (exact) mass is 525 g/mol. The van der Waals surface area contributed by atoms with E-state index in [1.807, 2.05) is 56.6 Å². The van der Waals surface area contributed by atoms with E-state index in [0.717, 1.165) is 71.2 Å². The number of hydrogen-bond acceptors (Lipinski definition) is 7. The van der Waals surface area contributed by atoms with Gasteiger partial charge in [-0.05, 0) is 61.9 Å². The highest BCUT2D eigenvalue weighted by molar-refractivity contribution is 5.90. The van der Waals surface area contributed by atoms with Crippen LogP contribution in [-0.2, 0) is 13.2 Å². The average Bonchev–Trinajstić information content (AvgIpc) is 2.97. The Kier molecular flexibility index (Phi) is 8.78. The molecule has 1 aliphatic rings. The van der Waals surface area contributed by atoms with Gasteiger partial charge in [0.05, 0.1) is 12.6 Å². The maximum Gasteiger partial charge on any atom is 0.225 e. The highest BCUT2D eigenvalue weighted by atomic mass is 16.5. The molecule has 3 aromatic carbocycles. The normalized spacial score (nSPS) is 17.1. The van der Waals surface area contributed by atoms with E-state index in [9.17, 15) is 0 Å². The smallest absolute Gasteiger partial charge is 0.225 e. The van der Waals surface area contributed by atoms with Gasteiger partial charge in [0.1, 0.15) is 12.4 Å². The van der Waals surface area contributed by atoms with Crippen LogP contribution in [0.1, 0.15) is 36.8 Å². The van der Waals surface area contributed by atoms with Crippen molar-refractivity contribution in [1.29, 1.82) is 0 Å². The summed E-state index contributed by atoms with van der Waals surface area (Å²) in [7, 11) is 5.75. The molecule has 39 heavy (non-hydrogen) atoms. The van der Waals surface area contributed by atoms with E-state index >= 15 is 0 Å². The third-order valence-electron chi connectivity index (χ3n) is 7.44. The van der Waals surface area contributed by atoms with Crippen molar-refractivity contribution in [2.75, 3.05) is 38.0 Å². The summed E-state index contributed by atoms with van der Waals surface area (Å²) in [5.41, 5.74) is 3.23. The summed E-state index contributed by atoms with van der Waals surface area (Å²) in [6.45, 7) is 2.25. The van der Waals surface area contributed by atoms with Gasteiger partial charge >= 0.3 is 0 Å². The number of fused-ring (bicyclic) bond motifs is 1. The maximum absolute atomic E-state index is 6.22. The highest BCUT2D eigenvalue weighted by Crippen LogP contribution is 2.32. The van der Waals surface area contributed by atoms with Gasteiger partial charge in [0.25, 0.3) is 0 Å². The van der Waals surface area contributed by atoms with Gasteiger partial charge in [0.15, 0.2) is 11.5 Å². The van der Waals surface area contributed by atoms with Crippen molar-refractivity contribution in [3.63, 3.8) is 0 Å². The van der Waals surface area contributed by atoms with Crippen LogP contribution in [0.4, 0.5) is 11.8 Å². The summed E-state index contributed by atoms with van der Waals surface area (Å²) in [4.78, 5) is 11.7. The summed E-state index contributed by atoms with van der Waals surface area (Å²) in [6, 6.07) is 24.9. The molecule has 1 aromatic heterocycles. The van der Waals surface area contributed by atoms with Gasteiger partial charge in [-0.25, -0.2) is 4.98 Å². The lowest BCUT2D eigenvalue weighted by Crippen LogP contribution is -2.31. The topological polar surface area (TPSA) is 71.5 Å². The lowest BCUT2D eigenvalue weighted by Gasteiger charge is -2.29. The number of ether oxygens (including phenoxy) is 2. The van der Waals surface area contributed by atoms with Crippen LogP contribution in [0.2, 0.25) is 0 Å². The summed E-state index contributed by atoms with van der Waals surface area (Å²) >= 11 is 0. The minimum Gasteiger partial charge on any atom is -0.493 e. The van der Waals surface area contributed by atoms with E-state index in [4.69, 9.17) is 19.4 Å². The first-order valence-corrected chi connectivity index (χ1v) is 13.8. The molecule has 0 atom stereocenters. The molecule has 2 N–H and O–H groups in total. The second kappa shape index (κ2) is 12.8. The summed E-state index contributed by atoms with van der Waals surface area (Å²) < 4.78 is 11.8. The largest absolute Gasteiger partial charge is 0.493 e. The molecule has 0 amide bonds. The van der Waals surface area contributed by atoms with Gasteiger partial charge in [-0.15, -0.1) is 0 Å². The van der Waals surface area contributed by atoms with Crippen molar-refractivity contribution in [1.82, 2.24) is 15.3 Å². The maximum atomic E-state index is 6.22. The Morgan fingerprint density at radius 1 is 0.872 bits per heavy atom. The molecule has 4 aromatic rings. The van der Waals surface area contributed by atoms with Gasteiger partial charge in [0.2, 0.25) is 5.95 Å². The fraction of sp³-hybridized carbons (Fsp3) is 0.375. The third kappa shape index (κ3) is 6.79. The van der Waals surface area contributed by atoms with Gasteiger partial charge in [0, 0.05) is 37.6 Å². The van der Waals surface area contributed by atoms with Crippen LogP contribution >= 0.6 is 0 Å². The highest BCUT2D eigenvalue weighted by Gasteiger charge is 2.22. The van der Waals surface area contributed by atoms with Crippen LogP contribution in [0.15, 0.2) is 72.8 Å². The first-order chi connectivity index (χ1) is 19.1. The molecule has 0 bridgehead atoms. The molecule has 0 unspecified atom stereocenters. The van der Waals surface area contributed by atoms with Crippen molar-refractivity contribution >= 4 is 22.7 Å². The first kappa shape index (κ1) is 26.8. The van der Waals surface area contributed by atoms with Crippen LogP contribution in [0.3, 0.4) is 0 Å². The number of aromatic nitrogens is 2. The van der Waals surface area contributed by atoms with Crippen molar-refractivity contribution in [3.05, 3.63) is 83.9 Å². The van der Waals surface area contributed by atoms with Gasteiger partial charge < -0.3 is 25.0 Å². The molecular weight excluding hydrogens is 486 g/mol. The number of hydrogen-bond donors (Lipinski definition) is 2. The predicted octanol–water partition coefficient (Wildman–Crippen LogP) is 6.04. The molecule has 1 heterocycles. The SMILES string of the molecule is COc1cccc(CNCC2CCC(Nc3nc(N(C)C)c4ccccc4n3)CC2)c1OCc1ccccc1. The van der Waals surface area contributed by atoms with Crippen molar-refractivity contribution in [2.45, 2.75) is 44.9 Å². The summed E-state index contributed by atoms with van der Waals surface area (Å²) in [6.07, 6.45) is 4.58. The Labute approximate surface area is 231 Å². The summed E-state index contributed by atoms with van der Waals surface area (Å²) in [5.74, 6) is 3.91. The van der Waals surface area contributed by atoms with Gasteiger partial charge in [-0.2, -0.15) is 4.98 Å². The Balaban J connectivity index is 1.13. The number of nitrogens with zero attached hydrogens (tertiary/aromatic N) is 3. The second-order valence-electron chi connectivity index (χ2n) is 10.5. The number of anilines is 2. The molecule has 0 aliphatic heterocycles. The van der Waals surface area contributed by atoms with Crippen LogP contribution < -0.4 is 25.0 Å². The minimum absolute atomic E-state index is 0.397. The summed E-state index contributed by atoms with van der Waals surface area (Å²) in [5, 5.41) is 8.37. The number of para-hydroxylation sites is 2. The molecule has 1 aliphatic carbocycles. The molecule has 0 saturated heterocycles. The Morgan fingerprint density at radius 2 is 1.64 bits per heavy atom. The van der Waals surface area contributed by atoms with E-state index in [1.165, 1.54) is 12.8 Å². The fourth-order valence-corrected chi connectivity index (χ4v) is 5.32. The van der Waals surface area contributed by atoms with E-state index in [0.29, 0.717) is 18.6 Å². The molecule has 1 fully saturated rings. The van der Waals surface area contributed by atoms with E-state index in [-0.39, 0.29) is 0 Å². The quantitative estimate of drug-likeness (QED) is 0.247. The van der Waals surface area contributed by atoms with Crippen molar-refractivity contribution < 1.29 is 9.47 Å². The van der Waals surface area contributed by atoms with Crippen molar-refractivity contribution in [3.8, 4) is 11.5 Å². The van der Waals surface area contributed by atoms with E-state index in [2.05, 4.69) is 45.9 Å². The zero-order chi connectivity index (χ0) is 27.0. The average molecular weight is 526 g/mol. The molecule has 1 saturated carbocycles. The second-order valence-corrected chi connectivity index (χ2v) is 10.5. The lowest BCUT2D eigenvalue weighted by atomic mass is 9.86. The van der Waals surface area contributed by atoms with Gasteiger partial charge in [-0.3, -0.25) is 0 Å². The first-order valence-electron chi connectivity index (χ1n) is 13.8. The molecule has 0 spiro atoms. The van der Waals surface area contributed by atoms with Crippen LogP contribution in [0, 0.1) is 5.92 Å². The van der Waals surface area contributed by atoms with Crippen LogP contribution in [-0.4, -0.2) is 43.8 Å². The molecule has 7 nitrogen and oxygen atoms in total. The van der Waals surface area contributed by atoms with E-state index < -0.39 is 0 Å². The molecule has 0 radical (unpaired) electrons. The zero-order valence-electron chi connectivity index (χ0n) is 23.2. The standard InChI is InChI=1S/C32H39N5O2/c1-37(2)31-27-13-7-8-14-28(27)35-32(36-31)34-26-18-16-23(17-19-26)20-33-21-25-12-9-15-29(38-3)30(25)39-22-24-10-5-4-6-11-24/h4-15,23,26,33H,16-22H2,1-3H3,(H,34,35,36). The molecular formula is C32H39N5O2. The third-order valence-corrected chi connectivity index (χ3v) is 7.44. The minimum atomic E-state index is 0.397. The lowest BCUT2D eigenvalue weighted by molar-refractivity contribution is 0.279. The van der Waals surface area contributed by atoms with Crippen molar-refractivity contribution in [2.24, 2.45) is 5.92 Å². The number of methoxy groups -OCH3 is 1. The zero-order valence-corrected chi connectivity index (χ0v) is 23.2. The molecule has 204 valence electrons. The van der Waals surface area contributed by atoms with Gasteiger partial charge in [-0.1, -0.05) is 54.6 Å². The Morgan fingerprint density at radius 3 is 2.41 bits per heavy atom. The molecule has 7 heteroatoms. The van der Waals surface area contributed by atoms with Crippen LogP contribution in [0.5, 0.6) is 11.5 Å². The Bertz CT molecular complexity index is 1350. The van der Waals surface area contributed by atoms with E-state index in [1.54, 1.807) is 7.11 Å². The predicted molar refractivity (Wildman–Crippen MR) is 159 cm³/mol. The Hall–Kier alpha value is -3.84. The number of rotatable bonds is 11. The van der Waals surface area contributed by atoms with Crippen LogP contribution in [0.25, 0.3) is 10.9 Å². The number of benzene rings is 3. The molecule has 5 rings (SSSR count).